The molecule has 0 aromatic carbocycles. The lowest BCUT2D eigenvalue weighted by Crippen LogP contribution is -2.44. The number of nitrogens with two attached hydrogens (primary N) is 1. The highest BCUT2D eigenvalue weighted by Gasteiger charge is 2.28. The largest absolute Gasteiger partial charge is 0.341 e. The number of likely N-dealkylation sites (N-methyl/N-ethyl adjacent to an activating group) is 1. The van der Waals surface area contributed by atoms with E-state index in [1.54, 1.807) is 10.9 Å². The second-order valence-corrected chi connectivity index (χ2v) is 5.18. The number of hydrogen-bond acceptors (Lipinski definition) is 3. The molecular formula is C13H22N4O. The number of amides is 1. The van der Waals surface area contributed by atoms with Crippen molar-refractivity contribution in [2.45, 2.75) is 50.7 Å². The molecule has 0 spiro atoms. The van der Waals surface area contributed by atoms with Gasteiger partial charge in [0.05, 0.1) is 0 Å². The summed E-state index contributed by atoms with van der Waals surface area (Å²) in [6, 6.07) is 2.24. The molecule has 5 nitrogen and oxygen atoms in total. The van der Waals surface area contributed by atoms with Crippen molar-refractivity contribution in [1.82, 2.24) is 14.7 Å². The average Bonchev–Trinajstić information content (AvgIpc) is 2.91. The highest BCUT2D eigenvalue weighted by atomic mass is 16.2. The van der Waals surface area contributed by atoms with E-state index < -0.39 is 0 Å². The molecule has 0 aliphatic heterocycles. The quantitative estimate of drug-likeness (QED) is 0.876. The predicted molar refractivity (Wildman–Crippen MR) is 69.9 cm³/mol. The Kier molecular flexibility index (Phi) is 4.01. The summed E-state index contributed by atoms with van der Waals surface area (Å²) in [5.41, 5.74) is 5.89. The van der Waals surface area contributed by atoms with E-state index in [2.05, 4.69) is 5.10 Å². The number of carbonyl (C=O) groups is 1. The van der Waals surface area contributed by atoms with Gasteiger partial charge in [0, 0.05) is 31.5 Å². The van der Waals surface area contributed by atoms with Gasteiger partial charge in [-0.15, -0.1) is 0 Å². The summed E-state index contributed by atoms with van der Waals surface area (Å²) in [6.45, 7) is 1.89. The van der Waals surface area contributed by atoms with E-state index in [0.717, 1.165) is 25.7 Å². The van der Waals surface area contributed by atoms with Gasteiger partial charge in [0.2, 0.25) is 5.91 Å². The van der Waals surface area contributed by atoms with Crippen LogP contribution in [-0.4, -0.2) is 39.7 Å². The van der Waals surface area contributed by atoms with Crippen molar-refractivity contribution >= 4 is 5.91 Å². The minimum absolute atomic E-state index is 0.124. The Hall–Kier alpha value is -1.36. The molecule has 1 saturated carbocycles. The van der Waals surface area contributed by atoms with E-state index in [1.807, 2.05) is 31.1 Å². The van der Waals surface area contributed by atoms with Gasteiger partial charge in [0.15, 0.2) is 0 Å². The van der Waals surface area contributed by atoms with Gasteiger partial charge in [0.25, 0.3) is 0 Å². The highest BCUT2D eigenvalue weighted by Crippen LogP contribution is 2.23. The van der Waals surface area contributed by atoms with E-state index in [0.29, 0.717) is 12.1 Å². The highest BCUT2D eigenvalue weighted by molar-refractivity contribution is 5.80. The fourth-order valence-electron chi connectivity index (χ4n) is 2.59. The van der Waals surface area contributed by atoms with Crippen LogP contribution in [0.4, 0.5) is 0 Å². The van der Waals surface area contributed by atoms with Crippen molar-refractivity contribution < 1.29 is 4.79 Å². The summed E-state index contributed by atoms with van der Waals surface area (Å²) in [7, 11) is 1.89. The second kappa shape index (κ2) is 5.52. The smallest absolute Gasteiger partial charge is 0.247 e. The fraction of sp³-hybridized carbons (Fsp3) is 0.692. The number of aromatic nitrogens is 2. The van der Waals surface area contributed by atoms with Crippen molar-refractivity contribution in [1.29, 1.82) is 0 Å². The molecule has 0 bridgehead atoms. The van der Waals surface area contributed by atoms with Gasteiger partial charge in [0.1, 0.15) is 6.04 Å². The molecule has 0 radical (unpaired) electrons. The Morgan fingerprint density at radius 3 is 2.67 bits per heavy atom. The van der Waals surface area contributed by atoms with Crippen LogP contribution in [0.15, 0.2) is 18.5 Å². The lowest BCUT2D eigenvalue weighted by atomic mass is 9.91. The van der Waals surface area contributed by atoms with Crippen LogP contribution in [0.5, 0.6) is 0 Å². The summed E-state index contributed by atoms with van der Waals surface area (Å²) < 4.78 is 1.70. The topological polar surface area (TPSA) is 64.2 Å². The normalized spacial score (nSPS) is 25.7. The molecule has 2 N–H and O–H groups in total. The van der Waals surface area contributed by atoms with E-state index >= 15 is 0 Å². The minimum atomic E-state index is -0.236. The Morgan fingerprint density at radius 1 is 1.44 bits per heavy atom. The van der Waals surface area contributed by atoms with E-state index in [1.165, 1.54) is 0 Å². The number of nitrogens with zero attached hydrogens (tertiary/aromatic N) is 3. The predicted octanol–water partition coefficient (Wildman–Crippen LogP) is 1.17. The molecule has 1 amide bonds. The molecule has 100 valence electrons. The molecule has 0 saturated heterocycles. The van der Waals surface area contributed by atoms with Crippen LogP contribution < -0.4 is 5.73 Å². The number of carbonyl (C=O) groups excluding carboxylic acids is 1. The van der Waals surface area contributed by atoms with Crippen LogP contribution in [0.2, 0.25) is 0 Å². The SMILES string of the molecule is CC(C(=O)N(C)C1CCC(N)CC1)n1cccn1. The van der Waals surface area contributed by atoms with Crippen molar-refractivity contribution in [3.05, 3.63) is 18.5 Å². The molecule has 1 aliphatic carbocycles. The monoisotopic (exact) mass is 250 g/mol. The van der Waals surface area contributed by atoms with Gasteiger partial charge in [-0.2, -0.15) is 5.10 Å². The first-order valence-electron chi connectivity index (χ1n) is 6.61. The Morgan fingerprint density at radius 2 is 2.11 bits per heavy atom. The molecule has 1 fully saturated rings. The minimum Gasteiger partial charge on any atom is -0.341 e. The van der Waals surface area contributed by atoms with Gasteiger partial charge in [-0.05, 0) is 38.7 Å². The molecule has 5 heteroatoms. The van der Waals surface area contributed by atoms with Gasteiger partial charge in [-0.25, -0.2) is 0 Å². The molecule has 1 aromatic rings. The third-order valence-corrected chi connectivity index (χ3v) is 3.92. The fourth-order valence-corrected chi connectivity index (χ4v) is 2.59. The van der Waals surface area contributed by atoms with E-state index in [4.69, 9.17) is 5.73 Å². The Bertz CT molecular complexity index is 382. The zero-order chi connectivity index (χ0) is 13.1. The summed E-state index contributed by atoms with van der Waals surface area (Å²) in [4.78, 5) is 14.2. The van der Waals surface area contributed by atoms with Crippen LogP contribution in [0.25, 0.3) is 0 Å². The van der Waals surface area contributed by atoms with E-state index in [-0.39, 0.29) is 11.9 Å². The van der Waals surface area contributed by atoms with Crippen molar-refractivity contribution in [3.8, 4) is 0 Å². The average molecular weight is 250 g/mol. The van der Waals surface area contributed by atoms with Crippen molar-refractivity contribution in [2.75, 3.05) is 7.05 Å². The first-order valence-corrected chi connectivity index (χ1v) is 6.61. The van der Waals surface area contributed by atoms with Crippen LogP contribution in [0, 0.1) is 0 Å². The van der Waals surface area contributed by atoms with Gasteiger partial charge in [-0.3, -0.25) is 9.48 Å². The molecule has 1 aromatic heterocycles. The third-order valence-electron chi connectivity index (χ3n) is 3.92. The van der Waals surface area contributed by atoms with Gasteiger partial charge >= 0.3 is 0 Å². The number of hydrogen-bond donors (Lipinski definition) is 1. The summed E-state index contributed by atoms with van der Waals surface area (Å²) in [5, 5.41) is 4.13. The van der Waals surface area contributed by atoms with Crippen LogP contribution >= 0.6 is 0 Å². The Balaban J connectivity index is 1.96. The van der Waals surface area contributed by atoms with Crippen molar-refractivity contribution in [2.24, 2.45) is 5.73 Å². The molecule has 2 rings (SSSR count). The standard InChI is InChI=1S/C13H22N4O/c1-10(17-9-3-8-15-17)13(18)16(2)12-6-4-11(14)5-7-12/h3,8-12H,4-7,14H2,1-2H3. The molecular weight excluding hydrogens is 228 g/mol. The first kappa shape index (κ1) is 13.1. The maximum absolute atomic E-state index is 12.4. The second-order valence-electron chi connectivity index (χ2n) is 5.18. The zero-order valence-corrected chi connectivity index (χ0v) is 11.1. The molecule has 1 atom stereocenters. The Labute approximate surface area is 108 Å². The van der Waals surface area contributed by atoms with Gasteiger partial charge in [-0.1, -0.05) is 0 Å². The van der Waals surface area contributed by atoms with Crippen LogP contribution in [0.3, 0.4) is 0 Å². The lowest BCUT2D eigenvalue weighted by Gasteiger charge is -2.34. The van der Waals surface area contributed by atoms with Crippen LogP contribution in [0.1, 0.15) is 38.6 Å². The summed E-state index contributed by atoms with van der Waals surface area (Å²) in [6.07, 6.45) is 7.57. The first-order chi connectivity index (χ1) is 8.59. The summed E-state index contributed by atoms with van der Waals surface area (Å²) >= 11 is 0. The molecule has 1 unspecified atom stereocenters. The number of rotatable bonds is 3. The maximum atomic E-state index is 12.4. The van der Waals surface area contributed by atoms with Gasteiger partial charge < -0.3 is 10.6 Å². The zero-order valence-electron chi connectivity index (χ0n) is 11.1. The maximum Gasteiger partial charge on any atom is 0.247 e. The molecule has 1 aliphatic rings. The lowest BCUT2D eigenvalue weighted by molar-refractivity contribution is -0.136. The van der Waals surface area contributed by atoms with Crippen molar-refractivity contribution in [3.63, 3.8) is 0 Å². The summed E-state index contributed by atoms with van der Waals surface area (Å²) in [5.74, 6) is 0.124. The third kappa shape index (κ3) is 2.72. The van der Waals surface area contributed by atoms with Crippen LogP contribution in [-0.2, 0) is 4.79 Å². The molecule has 1 heterocycles. The van der Waals surface area contributed by atoms with E-state index in [9.17, 15) is 4.79 Å². The molecule has 18 heavy (non-hydrogen) atoms.